The minimum Gasteiger partial charge on any atom is -0.328 e. The monoisotopic (exact) mass is 359 g/mol. The molecule has 0 aromatic heterocycles. The first kappa shape index (κ1) is 23.6. The van der Waals surface area contributed by atoms with Crippen LogP contribution in [0.25, 0.3) is 0 Å². The normalized spacial score (nSPS) is 17.5. The zero-order valence-electron chi connectivity index (χ0n) is 16.8. The number of hydrogen-bond donors (Lipinski definition) is 1. The molecule has 4 heteroatoms. The van der Waals surface area contributed by atoms with E-state index in [0.717, 1.165) is 18.4 Å². The summed E-state index contributed by atoms with van der Waals surface area (Å²) in [5.74, 6) is 1.10. The molecule has 0 saturated carbocycles. The van der Waals surface area contributed by atoms with Gasteiger partial charge in [-0.25, -0.2) is 8.42 Å². The van der Waals surface area contributed by atoms with Crippen LogP contribution in [0.3, 0.4) is 0 Å². The van der Waals surface area contributed by atoms with Crippen molar-refractivity contribution >= 4 is 9.84 Å². The highest BCUT2D eigenvalue weighted by Crippen LogP contribution is 2.29. The Bertz CT molecular complexity index is 452. The molecule has 0 spiro atoms. The van der Waals surface area contributed by atoms with Crippen molar-refractivity contribution in [1.29, 1.82) is 0 Å². The molecule has 0 amide bonds. The van der Waals surface area contributed by atoms with Gasteiger partial charge in [0.2, 0.25) is 0 Å². The van der Waals surface area contributed by atoms with Crippen LogP contribution in [-0.2, 0) is 9.84 Å². The highest BCUT2D eigenvalue weighted by atomic mass is 32.2. The second-order valence-corrected chi connectivity index (χ2v) is 10.4. The molecule has 0 aromatic carbocycles. The third-order valence-corrected chi connectivity index (χ3v) is 7.89. The van der Waals surface area contributed by atoms with Gasteiger partial charge < -0.3 is 5.73 Å². The molecular weight excluding hydrogens is 318 g/mol. The Morgan fingerprint density at radius 1 is 0.958 bits per heavy atom. The van der Waals surface area contributed by atoms with Gasteiger partial charge in [0, 0.05) is 6.04 Å². The summed E-state index contributed by atoms with van der Waals surface area (Å²) >= 11 is 0. The van der Waals surface area contributed by atoms with Crippen LogP contribution >= 0.6 is 0 Å². The Kier molecular flexibility index (Phi) is 11.1. The van der Waals surface area contributed by atoms with Crippen molar-refractivity contribution in [3.63, 3.8) is 0 Å². The summed E-state index contributed by atoms with van der Waals surface area (Å²) < 4.78 is 26.4. The van der Waals surface area contributed by atoms with Crippen LogP contribution in [0.2, 0.25) is 0 Å². The number of hydrogen-bond acceptors (Lipinski definition) is 3. The molecule has 4 atom stereocenters. The summed E-state index contributed by atoms with van der Waals surface area (Å²) in [5, 5.41) is -0.648. The summed E-state index contributed by atoms with van der Waals surface area (Å²) in [4.78, 5) is 0. The van der Waals surface area contributed by atoms with Gasteiger partial charge in [0.1, 0.15) is 0 Å². The van der Waals surface area contributed by atoms with Gasteiger partial charge in [-0.3, -0.25) is 0 Å². The van der Waals surface area contributed by atoms with E-state index in [4.69, 9.17) is 5.73 Å². The van der Waals surface area contributed by atoms with Crippen LogP contribution in [0.1, 0.15) is 86.5 Å². The average molecular weight is 360 g/mol. The van der Waals surface area contributed by atoms with E-state index >= 15 is 0 Å². The van der Waals surface area contributed by atoms with E-state index in [1.54, 1.807) is 0 Å². The molecule has 144 valence electrons. The van der Waals surface area contributed by atoms with E-state index in [1.807, 2.05) is 20.8 Å². The predicted octanol–water partition coefficient (Wildman–Crippen LogP) is 5.10. The van der Waals surface area contributed by atoms with Gasteiger partial charge in [-0.2, -0.15) is 0 Å². The first-order chi connectivity index (χ1) is 11.1. The molecule has 3 nitrogen and oxygen atoms in total. The topological polar surface area (TPSA) is 60.2 Å². The van der Waals surface area contributed by atoms with Crippen molar-refractivity contribution in [2.75, 3.05) is 0 Å². The van der Waals surface area contributed by atoms with Crippen molar-refractivity contribution in [3.05, 3.63) is 12.2 Å². The van der Waals surface area contributed by atoms with Crippen molar-refractivity contribution in [1.82, 2.24) is 0 Å². The van der Waals surface area contributed by atoms with Gasteiger partial charge in [0.25, 0.3) is 0 Å². The lowest BCUT2D eigenvalue weighted by atomic mass is 9.88. The van der Waals surface area contributed by atoms with Gasteiger partial charge >= 0.3 is 0 Å². The lowest BCUT2D eigenvalue weighted by Crippen LogP contribution is -2.37. The van der Waals surface area contributed by atoms with Gasteiger partial charge in [0.15, 0.2) is 9.84 Å². The standard InChI is InChI=1S/C20H41NO2S/c1-8-18(9-2)12-16(6)13-20(14-17(7)21)24(22,23)19(10-3)11-15(4)5/h16-20H,4,8-14,21H2,1-3,5-7H3/t16?,17?,19-,20?/m0/s1. The number of sulfone groups is 1. The van der Waals surface area contributed by atoms with Crippen LogP contribution in [-0.4, -0.2) is 25.0 Å². The number of nitrogens with two attached hydrogens (primary N) is 1. The Labute approximate surface area is 151 Å². The van der Waals surface area contributed by atoms with Gasteiger partial charge in [-0.1, -0.05) is 46.1 Å². The second-order valence-electron chi connectivity index (χ2n) is 7.87. The molecule has 0 fully saturated rings. The van der Waals surface area contributed by atoms with E-state index in [2.05, 4.69) is 27.4 Å². The third-order valence-electron chi connectivity index (χ3n) is 5.15. The zero-order chi connectivity index (χ0) is 18.9. The Morgan fingerprint density at radius 3 is 1.88 bits per heavy atom. The summed E-state index contributed by atoms with van der Waals surface area (Å²) in [5.41, 5.74) is 6.92. The molecule has 0 saturated heterocycles. The summed E-state index contributed by atoms with van der Waals surface area (Å²) in [7, 11) is -3.19. The molecule has 0 heterocycles. The van der Waals surface area contributed by atoms with Gasteiger partial charge in [0.05, 0.1) is 10.5 Å². The van der Waals surface area contributed by atoms with Crippen LogP contribution in [0, 0.1) is 11.8 Å². The van der Waals surface area contributed by atoms with E-state index in [0.29, 0.717) is 31.1 Å². The summed E-state index contributed by atoms with van der Waals surface area (Å²) in [6.07, 6.45) is 5.93. The first-order valence-corrected chi connectivity index (χ1v) is 11.3. The van der Waals surface area contributed by atoms with Crippen molar-refractivity contribution in [3.8, 4) is 0 Å². The molecule has 2 N–H and O–H groups in total. The maximum atomic E-state index is 13.2. The van der Waals surface area contributed by atoms with Crippen molar-refractivity contribution in [2.24, 2.45) is 17.6 Å². The zero-order valence-corrected chi connectivity index (χ0v) is 17.7. The van der Waals surface area contributed by atoms with Crippen molar-refractivity contribution < 1.29 is 8.42 Å². The van der Waals surface area contributed by atoms with Crippen LogP contribution in [0.15, 0.2) is 12.2 Å². The molecule has 0 aliphatic carbocycles. The fourth-order valence-electron chi connectivity index (χ4n) is 3.67. The van der Waals surface area contributed by atoms with Gasteiger partial charge in [-0.15, -0.1) is 6.58 Å². The fourth-order valence-corrected chi connectivity index (χ4v) is 6.36. The molecule has 0 rings (SSSR count). The van der Waals surface area contributed by atoms with E-state index in [1.165, 1.54) is 12.8 Å². The molecule has 0 radical (unpaired) electrons. The molecule has 0 aliphatic heterocycles. The highest BCUT2D eigenvalue weighted by Gasteiger charge is 2.34. The van der Waals surface area contributed by atoms with Crippen LogP contribution in [0.4, 0.5) is 0 Å². The second kappa shape index (κ2) is 11.3. The molecular formula is C20H41NO2S. The largest absolute Gasteiger partial charge is 0.328 e. The smallest absolute Gasteiger partial charge is 0.156 e. The average Bonchev–Trinajstić information content (AvgIpc) is 2.48. The number of rotatable bonds is 13. The highest BCUT2D eigenvalue weighted by molar-refractivity contribution is 7.92. The lowest BCUT2D eigenvalue weighted by Gasteiger charge is -2.28. The molecule has 3 unspecified atom stereocenters. The Hall–Kier alpha value is -0.350. The maximum Gasteiger partial charge on any atom is 0.156 e. The molecule has 0 aliphatic rings. The maximum absolute atomic E-state index is 13.2. The van der Waals surface area contributed by atoms with E-state index in [-0.39, 0.29) is 16.5 Å². The van der Waals surface area contributed by atoms with Crippen LogP contribution in [0.5, 0.6) is 0 Å². The van der Waals surface area contributed by atoms with Crippen LogP contribution < -0.4 is 5.73 Å². The Balaban J connectivity index is 5.25. The SMILES string of the molecule is C=C(C)C[C@H](CC)S(=O)(=O)C(CC(C)N)CC(C)CC(CC)CC. The minimum atomic E-state index is -3.19. The summed E-state index contributed by atoms with van der Waals surface area (Å²) in [6, 6.07) is -0.0903. The summed E-state index contributed by atoms with van der Waals surface area (Å²) in [6.45, 7) is 16.3. The first-order valence-electron chi connectivity index (χ1n) is 9.70. The quantitative estimate of drug-likeness (QED) is 0.465. The number of allylic oxidation sites excluding steroid dienone is 1. The molecule has 0 bridgehead atoms. The minimum absolute atomic E-state index is 0.0903. The molecule has 24 heavy (non-hydrogen) atoms. The van der Waals surface area contributed by atoms with Gasteiger partial charge in [-0.05, 0) is 57.8 Å². The predicted molar refractivity (Wildman–Crippen MR) is 107 cm³/mol. The fraction of sp³-hybridized carbons (Fsp3) is 0.900. The van der Waals surface area contributed by atoms with E-state index in [9.17, 15) is 8.42 Å². The Morgan fingerprint density at radius 2 is 1.50 bits per heavy atom. The van der Waals surface area contributed by atoms with Crippen molar-refractivity contribution in [2.45, 2.75) is 103 Å². The molecule has 0 aromatic rings. The third kappa shape index (κ3) is 8.15. The lowest BCUT2D eigenvalue weighted by molar-refractivity contribution is 0.345. The van der Waals surface area contributed by atoms with E-state index < -0.39 is 9.84 Å².